The first-order valence-electron chi connectivity index (χ1n) is 5.56. The van der Waals surface area contributed by atoms with E-state index >= 15 is 0 Å². The summed E-state index contributed by atoms with van der Waals surface area (Å²) in [7, 11) is 0. The highest BCUT2D eigenvalue weighted by atomic mass is 16.6. The maximum absolute atomic E-state index is 11.7. The highest BCUT2D eigenvalue weighted by Gasteiger charge is 2.21. The molecule has 1 aliphatic heterocycles. The van der Waals surface area contributed by atoms with Gasteiger partial charge in [0.2, 0.25) is 0 Å². The van der Waals surface area contributed by atoms with E-state index in [-0.39, 0.29) is 6.09 Å². The lowest BCUT2D eigenvalue weighted by molar-refractivity contribution is 0.124. The normalized spacial score (nSPS) is 14.1. The van der Waals surface area contributed by atoms with Crippen molar-refractivity contribution < 1.29 is 9.53 Å². The molecule has 0 aliphatic carbocycles. The van der Waals surface area contributed by atoms with Crippen molar-refractivity contribution in [3.05, 3.63) is 41.7 Å². The van der Waals surface area contributed by atoms with Gasteiger partial charge in [0.15, 0.2) is 0 Å². The molecular weight excluding hydrogens is 216 g/mol. The van der Waals surface area contributed by atoms with Crippen LogP contribution in [-0.4, -0.2) is 17.5 Å². The number of amides is 1. The highest BCUT2D eigenvalue weighted by Crippen LogP contribution is 2.22. The lowest BCUT2D eigenvalue weighted by Gasteiger charge is -2.28. The third-order valence-electron chi connectivity index (χ3n) is 2.76. The highest BCUT2D eigenvalue weighted by molar-refractivity contribution is 5.69. The number of hydrogen-bond acceptors (Lipinski definition) is 3. The molecular formula is C13H16N2O2. The minimum Gasteiger partial charge on any atom is -0.416 e. The van der Waals surface area contributed by atoms with Crippen molar-refractivity contribution in [2.45, 2.75) is 19.9 Å². The maximum atomic E-state index is 11.7. The zero-order valence-corrected chi connectivity index (χ0v) is 9.90. The molecule has 2 rings (SSSR count). The van der Waals surface area contributed by atoms with Crippen molar-refractivity contribution in [1.29, 1.82) is 0 Å². The average molecular weight is 232 g/mol. The molecule has 0 fully saturated rings. The molecule has 0 unspecified atom stereocenters. The van der Waals surface area contributed by atoms with Gasteiger partial charge in [-0.15, -0.1) is 0 Å². The molecule has 17 heavy (non-hydrogen) atoms. The Kier molecular flexibility index (Phi) is 3.04. The van der Waals surface area contributed by atoms with Crippen LogP contribution in [-0.2, 0) is 17.7 Å². The molecule has 4 nitrogen and oxygen atoms in total. The van der Waals surface area contributed by atoms with Gasteiger partial charge >= 0.3 is 6.09 Å². The van der Waals surface area contributed by atoms with Crippen LogP contribution >= 0.6 is 0 Å². The van der Waals surface area contributed by atoms with Crippen molar-refractivity contribution in [3.63, 3.8) is 0 Å². The smallest absolute Gasteiger partial charge is 0.415 e. The molecule has 0 bridgehead atoms. The zero-order valence-electron chi connectivity index (χ0n) is 9.90. The largest absolute Gasteiger partial charge is 0.416 e. The van der Waals surface area contributed by atoms with Gasteiger partial charge in [0.1, 0.15) is 0 Å². The molecule has 0 spiro atoms. The number of fused-ring (bicyclic) bond motifs is 1. The van der Waals surface area contributed by atoms with Crippen LogP contribution in [0.15, 0.2) is 30.5 Å². The first-order valence-corrected chi connectivity index (χ1v) is 5.56. The van der Waals surface area contributed by atoms with Crippen LogP contribution in [0.3, 0.4) is 0 Å². The Balaban J connectivity index is 2.12. The molecule has 0 aromatic heterocycles. The van der Waals surface area contributed by atoms with E-state index in [1.54, 1.807) is 11.8 Å². The number of hydrogen-bond donors (Lipinski definition) is 1. The van der Waals surface area contributed by atoms with Crippen LogP contribution in [0.5, 0.6) is 0 Å². The quantitative estimate of drug-likeness (QED) is 0.597. The molecule has 2 N–H and O–H groups in total. The number of nitrogens with two attached hydrogens (primary N) is 1. The monoisotopic (exact) mass is 232 g/mol. The van der Waals surface area contributed by atoms with Crippen LogP contribution in [0.1, 0.15) is 18.1 Å². The third kappa shape index (κ3) is 2.58. The summed E-state index contributed by atoms with van der Waals surface area (Å²) in [6, 6.07) is 5.82. The molecule has 0 radical (unpaired) electrons. The molecule has 0 saturated heterocycles. The summed E-state index contributed by atoms with van der Waals surface area (Å²) in [5.74, 6) is 0.411. The molecule has 1 aliphatic rings. The Hall–Kier alpha value is -1.97. The summed E-state index contributed by atoms with van der Waals surface area (Å²) in [6.07, 6.45) is 0.492. The van der Waals surface area contributed by atoms with Crippen LogP contribution in [0.2, 0.25) is 0 Å². The number of nitrogen functional groups attached to an aromatic ring is 1. The van der Waals surface area contributed by atoms with Crippen molar-refractivity contribution in [2.24, 2.45) is 0 Å². The van der Waals surface area contributed by atoms with E-state index in [4.69, 9.17) is 10.5 Å². The number of anilines is 1. The summed E-state index contributed by atoms with van der Waals surface area (Å²) in [6.45, 7) is 6.44. The number of carbonyl (C=O) groups excluding carboxylic acids is 1. The van der Waals surface area contributed by atoms with E-state index in [9.17, 15) is 4.79 Å². The average Bonchev–Trinajstić information content (AvgIpc) is 2.27. The van der Waals surface area contributed by atoms with Gasteiger partial charge in [-0.3, -0.25) is 0 Å². The van der Waals surface area contributed by atoms with Gasteiger partial charge in [0.25, 0.3) is 0 Å². The third-order valence-corrected chi connectivity index (χ3v) is 2.76. The van der Waals surface area contributed by atoms with Crippen LogP contribution in [0.4, 0.5) is 10.5 Å². The Bertz CT molecular complexity index is 468. The molecule has 0 saturated carbocycles. The van der Waals surface area contributed by atoms with Gasteiger partial charge < -0.3 is 15.4 Å². The van der Waals surface area contributed by atoms with Crippen LogP contribution < -0.4 is 5.73 Å². The van der Waals surface area contributed by atoms with Gasteiger partial charge in [0, 0.05) is 18.8 Å². The predicted molar refractivity (Wildman–Crippen MR) is 66.3 cm³/mol. The zero-order chi connectivity index (χ0) is 12.4. The second-order valence-corrected chi connectivity index (χ2v) is 4.27. The van der Waals surface area contributed by atoms with Crippen LogP contribution in [0, 0.1) is 0 Å². The molecule has 1 amide bonds. The number of ether oxygens (including phenoxy) is 1. The lowest BCUT2D eigenvalue weighted by atomic mass is 9.99. The Morgan fingerprint density at radius 3 is 2.94 bits per heavy atom. The molecule has 4 heteroatoms. The fourth-order valence-electron chi connectivity index (χ4n) is 1.95. The summed E-state index contributed by atoms with van der Waals surface area (Å²) in [5.41, 5.74) is 8.80. The maximum Gasteiger partial charge on any atom is 0.415 e. The Morgan fingerprint density at radius 2 is 2.24 bits per heavy atom. The first-order chi connectivity index (χ1) is 8.06. The minimum atomic E-state index is -0.342. The van der Waals surface area contributed by atoms with Gasteiger partial charge in [-0.05, 0) is 36.6 Å². The van der Waals surface area contributed by atoms with Crippen molar-refractivity contribution in [1.82, 2.24) is 4.90 Å². The number of nitrogens with zero attached hydrogens (tertiary/aromatic N) is 1. The molecule has 0 atom stereocenters. The van der Waals surface area contributed by atoms with E-state index in [0.717, 1.165) is 17.7 Å². The molecule has 1 aromatic carbocycles. The standard InChI is InChI=1S/C13H16N2O2/c1-9(2)17-13(16)15-6-5-10-3-4-12(14)7-11(10)8-15/h3-4,7H,1,5-6,8,14H2,2H3. The Morgan fingerprint density at radius 1 is 1.47 bits per heavy atom. The van der Waals surface area contributed by atoms with Crippen LogP contribution in [0.25, 0.3) is 0 Å². The van der Waals surface area contributed by atoms with Crippen molar-refractivity contribution in [3.8, 4) is 0 Å². The second-order valence-electron chi connectivity index (χ2n) is 4.27. The summed E-state index contributed by atoms with van der Waals surface area (Å²) >= 11 is 0. The number of benzene rings is 1. The van der Waals surface area contributed by atoms with Gasteiger partial charge in [0.05, 0.1) is 5.76 Å². The summed E-state index contributed by atoms with van der Waals surface area (Å²) in [5, 5.41) is 0. The SMILES string of the molecule is C=C(C)OC(=O)N1CCc2ccc(N)cc2C1. The molecule has 1 aromatic rings. The fourth-order valence-corrected chi connectivity index (χ4v) is 1.95. The number of carbonyl (C=O) groups is 1. The first kappa shape index (κ1) is 11.5. The number of allylic oxidation sites excluding steroid dienone is 1. The van der Waals surface area contributed by atoms with Gasteiger partial charge in [-0.25, -0.2) is 4.79 Å². The number of rotatable bonds is 1. The van der Waals surface area contributed by atoms with E-state index in [0.29, 0.717) is 18.8 Å². The molecule has 1 heterocycles. The van der Waals surface area contributed by atoms with Crippen molar-refractivity contribution in [2.75, 3.05) is 12.3 Å². The van der Waals surface area contributed by atoms with Gasteiger partial charge in [-0.1, -0.05) is 12.6 Å². The fraction of sp³-hybridized carbons (Fsp3) is 0.308. The lowest BCUT2D eigenvalue weighted by Crippen LogP contribution is -2.36. The van der Waals surface area contributed by atoms with E-state index in [2.05, 4.69) is 6.58 Å². The second kappa shape index (κ2) is 4.49. The Labute approximate surface area is 101 Å². The summed E-state index contributed by atoms with van der Waals surface area (Å²) < 4.78 is 5.00. The van der Waals surface area contributed by atoms with E-state index in [1.807, 2.05) is 18.2 Å². The molecule has 90 valence electrons. The predicted octanol–water partition coefficient (Wildman–Crippen LogP) is 2.30. The van der Waals surface area contributed by atoms with E-state index in [1.165, 1.54) is 5.56 Å². The minimum absolute atomic E-state index is 0.342. The van der Waals surface area contributed by atoms with Crippen molar-refractivity contribution >= 4 is 11.8 Å². The topological polar surface area (TPSA) is 55.6 Å². The van der Waals surface area contributed by atoms with Gasteiger partial charge in [-0.2, -0.15) is 0 Å². The summed E-state index contributed by atoms with van der Waals surface area (Å²) in [4.78, 5) is 13.4. The van der Waals surface area contributed by atoms with E-state index < -0.39 is 0 Å².